The minimum absolute atomic E-state index is 0.0886. The summed E-state index contributed by atoms with van der Waals surface area (Å²) in [5.74, 6) is -0.0710. The molecule has 0 amide bonds. The minimum Gasteiger partial charge on any atom is -0.488 e. The molecule has 1 saturated heterocycles. The van der Waals surface area contributed by atoms with Gasteiger partial charge in [-0.3, -0.25) is 14.7 Å². The number of likely N-dealkylation sites (tertiary alicyclic amines) is 1. The van der Waals surface area contributed by atoms with Crippen molar-refractivity contribution in [1.82, 2.24) is 15.2 Å². The molecule has 1 aliphatic heterocycles. The Kier molecular flexibility index (Phi) is 13.4. The number of β-amino-alcohol motifs (C(OH)–C–C–N with tert-alkyl or cyclic N) is 1. The van der Waals surface area contributed by atoms with Crippen molar-refractivity contribution in [2.24, 2.45) is 0 Å². The number of aliphatic hydroxyl groups is 2. The van der Waals surface area contributed by atoms with Gasteiger partial charge >= 0.3 is 5.97 Å². The molecule has 0 aliphatic carbocycles. The van der Waals surface area contributed by atoms with E-state index in [-0.39, 0.29) is 38.8 Å². The number of anilines is 1. The number of nitrogens with zero attached hydrogens (tertiary/aromatic N) is 2. The van der Waals surface area contributed by atoms with Gasteiger partial charge in [-0.05, 0) is 76.9 Å². The highest BCUT2D eigenvalue weighted by molar-refractivity contribution is 6.32. The van der Waals surface area contributed by atoms with Crippen LogP contribution in [0.5, 0.6) is 11.5 Å². The Morgan fingerprint density at radius 2 is 1.64 bits per heavy atom. The fourth-order valence-electron chi connectivity index (χ4n) is 7.00. The second-order valence-corrected chi connectivity index (χ2v) is 14.5. The van der Waals surface area contributed by atoms with Gasteiger partial charge in [-0.15, -0.1) is 0 Å². The van der Waals surface area contributed by atoms with Gasteiger partial charge in [-0.1, -0.05) is 72.3 Å². The van der Waals surface area contributed by atoms with Crippen LogP contribution in [0.3, 0.4) is 0 Å². The van der Waals surface area contributed by atoms with Crippen molar-refractivity contribution < 1.29 is 29.6 Å². The Hall–Kier alpha value is -4.97. The summed E-state index contributed by atoms with van der Waals surface area (Å²) in [7, 11) is 1.83. The first-order valence-electron chi connectivity index (χ1n) is 18.6. The van der Waals surface area contributed by atoms with Crippen molar-refractivity contribution in [1.29, 1.82) is 0 Å². The molecule has 11 heteroatoms. The standard InChI is InChI=1S/C44H49ClN4O6/c1-28-33(6-4-8-39(28)40-9-5-7-38(29(40)2)32-12-10-30(11-13-32)24-49-15-14-36(50)25-49)27-55-43-19-42(54-26-31-16-35(46-3)22-47-20-31)34(17-41(43)45)21-48-23-37(51)18-44(52)53/h4-13,16-17,19-20,22,36-37,46,48,50-51H,14-15,18,21,23-27H2,1-3H3,(H,52,53)/t36-,37-/m0/s1. The molecule has 4 aromatic carbocycles. The highest BCUT2D eigenvalue weighted by Gasteiger charge is 2.20. The highest BCUT2D eigenvalue weighted by atomic mass is 35.5. The molecule has 1 aliphatic rings. The van der Waals surface area contributed by atoms with Crippen LogP contribution in [-0.2, 0) is 31.1 Å². The number of aliphatic carboxylic acids is 1. The van der Waals surface area contributed by atoms with Crippen molar-refractivity contribution >= 4 is 23.3 Å². The number of hydrogen-bond donors (Lipinski definition) is 5. The van der Waals surface area contributed by atoms with Gasteiger partial charge in [0, 0.05) is 69.4 Å². The predicted octanol–water partition coefficient (Wildman–Crippen LogP) is 7.38. The quantitative estimate of drug-likeness (QED) is 0.0653. The van der Waals surface area contributed by atoms with Crippen LogP contribution in [-0.4, -0.2) is 70.1 Å². The van der Waals surface area contributed by atoms with Gasteiger partial charge in [0.25, 0.3) is 0 Å². The lowest BCUT2D eigenvalue weighted by atomic mass is 9.89. The first-order chi connectivity index (χ1) is 26.6. The summed E-state index contributed by atoms with van der Waals surface area (Å²) in [5, 5.41) is 35.6. The van der Waals surface area contributed by atoms with Gasteiger partial charge in [0.2, 0.25) is 0 Å². The topological polar surface area (TPSA) is 136 Å². The summed E-state index contributed by atoms with van der Waals surface area (Å²) in [5.41, 5.74) is 11.6. The van der Waals surface area contributed by atoms with Crippen molar-refractivity contribution in [2.45, 2.75) is 65.2 Å². The maximum Gasteiger partial charge on any atom is 0.306 e. The van der Waals surface area contributed by atoms with Crippen LogP contribution in [0.15, 0.2) is 91.3 Å². The third-order valence-corrected chi connectivity index (χ3v) is 10.4. The molecule has 10 nitrogen and oxygen atoms in total. The van der Waals surface area contributed by atoms with E-state index in [1.165, 1.54) is 16.7 Å². The molecule has 0 spiro atoms. The van der Waals surface area contributed by atoms with Crippen LogP contribution >= 0.6 is 11.6 Å². The SMILES string of the molecule is CNc1cncc(COc2cc(OCc3cccc(-c4cccc(-c5ccc(CN6CC[C@H](O)C6)cc5)c4C)c3C)c(Cl)cc2CNC[C@@H](O)CC(=O)O)c1. The molecule has 0 saturated carbocycles. The molecule has 2 atom stereocenters. The van der Waals surface area contributed by atoms with E-state index >= 15 is 0 Å². The molecule has 1 fully saturated rings. The maximum absolute atomic E-state index is 11.0. The number of rotatable bonds is 17. The molecule has 6 rings (SSSR count). The molecule has 2 heterocycles. The average Bonchev–Trinajstić information content (AvgIpc) is 3.58. The average molecular weight is 765 g/mol. The third kappa shape index (κ3) is 10.4. The first-order valence-corrected chi connectivity index (χ1v) is 18.9. The van der Waals surface area contributed by atoms with E-state index in [1.807, 2.05) is 19.2 Å². The van der Waals surface area contributed by atoms with Crippen molar-refractivity contribution in [3.8, 4) is 33.8 Å². The van der Waals surface area contributed by atoms with E-state index < -0.39 is 12.1 Å². The summed E-state index contributed by atoms with van der Waals surface area (Å²) < 4.78 is 12.7. The molecular weight excluding hydrogens is 716 g/mol. The normalized spacial score (nSPS) is 14.8. The molecule has 5 N–H and O–H groups in total. The number of carboxylic acid groups (broad SMARTS) is 1. The number of nitrogens with one attached hydrogen (secondary N) is 2. The Morgan fingerprint density at radius 1 is 0.909 bits per heavy atom. The zero-order valence-corrected chi connectivity index (χ0v) is 32.3. The summed E-state index contributed by atoms with van der Waals surface area (Å²) >= 11 is 6.79. The first kappa shape index (κ1) is 39.7. The Morgan fingerprint density at radius 3 is 2.36 bits per heavy atom. The van der Waals surface area contributed by atoms with Crippen molar-refractivity contribution in [2.75, 3.05) is 32.0 Å². The molecule has 0 unspecified atom stereocenters. The zero-order valence-electron chi connectivity index (χ0n) is 31.5. The molecule has 0 radical (unpaired) electrons. The van der Waals surface area contributed by atoms with Crippen LogP contribution in [0.4, 0.5) is 5.69 Å². The summed E-state index contributed by atoms with van der Waals surface area (Å²) in [6.07, 6.45) is 2.69. The van der Waals surface area contributed by atoms with Gasteiger partial charge in [-0.25, -0.2) is 0 Å². The molecule has 1 aromatic heterocycles. The van der Waals surface area contributed by atoms with E-state index in [0.29, 0.717) is 16.5 Å². The summed E-state index contributed by atoms with van der Waals surface area (Å²) in [6.45, 7) is 7.68. The summed E-state index contributed by atoms with van der Waals surface area (Å²) in [6, 6.07) is 26.9. The monoisotopic (exact) mass is 764 g/mol. The van der Waals surface area contributed by atoms with Gasteiger partial charge < -0.3 is 35.4 Å². The Labute approximate surface area is 327 Å². The number of benzene rings is 4. The number of pyridine rings is 1. The lowest BCUT2D eigenvalue weighted by molar-refractivity contribution is -0.139. The van der Waals surface area contributed by atoms with E-state index in [9.17, 15) is 15.0 Å². The number of carbonyl (C=O) groups is 1. The molecule has 55 heavy (non-hydrogen) atoms. The van der Waals surface area contributed by atoms with Crippen molar-refractivity contribution in [3.05, 3.63) is 130 Å². The van der Waals surface area contributed by atoms with Crippen LogP contribution in [0.1, 0.15) is 46.2 Å². The maximum atomic E-state index is 11.0. The third-order valence-electron chi connectivity index (χ3n) is 10.1. The Bertz CT molecular complexity index is 2090. The molecule has 5 aromatic rings. The van der Waals surface area contributed by atoms with E-state index in [2.05, 4.69) is 89.0 Å². The molecular formula is C44H49ClN4O6. The zero-order chi connectivity index (χ0) is 38.9. The van der Waals surface area contributed by atoms with E-state index in [4.69, 9.17) is 26.2 Å². The number of hydrogen-bond acceptors (Lipinski definition) is 9. The predicted molar refractivity (Wildman–Crippen MR) is 217 cm³/mol. The van der Waals surface area contributed by atoms with E-state index in [0.717, 1.165) is 70.7 Å². The Balaban J connectivity index is 1.19. The second kappa shape index (κ2) is 18.6. The van der Waals surface area contributed by atoms with Crippen LogP contribution in [0.25, 0.3) is 22.3 Å². The van der Waals surface area contributed by atoms with Gasteiger partial charge in [0.1, 0.15) is 24.7 Å². The fraction of sp³-hybridized carbons (Fsp3) is 0.318. The molecule has 288 valence electrons. The van der Waals surface area contributed by atoms with Crippen LogP contribution < -0.4 is 20.1 Å². The second-order valence-electron chi connectivity index (χ2n) is 14.1. The lowest BCUT2D eigenvalue weighted by Crippen LogP contribution is -2.28. The van der Waals surface area contributed by atoms with Crippen molar-refractivity contribution in [3.63, 3.8) is 0 Å². The number of aromatic nitrogens is 1. The molecule has 0 bridgehead atoms. The largest absolute Gasteiger partial charge is 0.488 e. The number of aliphatic hydroxyl groups excluding tert-OH is 2. The fourth-order valence-corrected chi connectivity index (χ4v) is 7.24. The lowest BCUT2D eigenvalue weighted by Gasteiger charge is -2.19. The van der Waals surface area contributed by atoms with Crippen LogP contribution in [0, 0.1) is 13.8 Å². The number of ether oxygens (including phenoxy) is 2. The summed E-state index contributed by atoms with van der Waals surface area (Å²) in [4.78, 5) is 17.6. The van der Waals surface area contributed by atoms with Gasteiger partial charge in [0.15, 0.2) is 0 Å². The number of halogens is 1. The van der Waals surface area contributed by atoms with Gasteiger partial charge in [-0.2, -0.15) is 0 Å². The number of carboxylic acids is 1. The minimum atomic E-state index is -1.07. The van der Waals surface area contributed by atoms with Gasteiger partial charge in [0.05, 0.1) is 29.3 Å². The van der Waals surface area contributed by atoms with Crippen LogP contribution in [0.2, 0.25) is 5.02 Å². The smallest absolute Gasteiger partial charge is 0.306 e. The van der Waals surface area contributed by atoms with E-state index in [1.54, 1.807) is 24.5 Å². The highest BCUT2D eigenvalue weighted by Crippen LogP contribution is 2.37.